The molecule has 0 aliphatic rings. The molecule has 0 saturated carbocycles. The van der Waals surface area contributed by atoms with Crippen LogP contribution in [0.3, 0.4) is 0 Å². The Hall–Kier alpha value is -1.55. The summed E-state index contributed by atoms with van der Waals surface area (Å²) < 4.78 is 5.77. The number of carbonyl (C=O) groups is 1. The third kappa shape index (κ3) is 5.61. The molecule has 0 saturated heterocycles. The first-order valence-corrected chi connectivity index (χ1v) is 7.11. The molecule has 0 aliphatic heterocycles. The lowest BCUT2D eigenvalue weighted by molar-refractivity contribution is -0.127. The van der Waals surface area contributed by atoms with E-state index in [1.807, 2.05) is 31.2 Å². The van der Waals surface area contributed by atoms with Gasteiger partial charge in [0.2, 0.25) is 0 Å². The normalized spacial score (nSPS) is 12.8. The number of amides is 1. The maximum Gasteiger partial charge on any atom is 0.260 e. The van der Waals surface area contributed by atoms with Gasteiger partial charge >= 0.3 is 0 Å². The molecule has 1 amide bonds. The second-order valence-electron chi connectivity index (χ2n) is 5.87. The van der Waals surface area contributed by atoms with Gasteiger partial charge in [0.1, 0.15) is 5.75 Å². The summed E-state index contributed by atoms with van der Waals surface area (Å²) in [7, 11) is 0. The Morgan fingerprint density at radius 1 is 1.30 bits per heavy atom. The standard InChI is InChI=1S/C16H26N2O2/c1-6-17-15(19)12(2)20-14-10-8-7-9-13(14)11-18-16(3,4)5/h7-10,12,18H,6,11H2,1-5H3,(H,17,19). The first-order chi connectivity index (χ1) is 9.33. The third-order valence-corrected chi connectivity index (χ3v) is 2.81. The van der Waals surface area contributed by atoms with Gasteiger partial charge in [-0.2, -0.15) is 0 Å². The summed E-state index contributed by atoms with van der Waals surface area (Å²) in [5.41, 5.74) is 1.09. The number of ether oxygens (including phenoxy) is 1. The highest BCUT2D eigenvalue weighted by Crippen LogP contribution is 2.20. The van der Waals surface area contributed by atoms with Crippen molar-refractivity contribution in [2.75, 3.05) is 6.54 Å². The van der Waals surface area contributed by atoms with Gasteiger partial charge in [0.05, 0.1) is 0 Å². The molecule has 2 N–H and O–H groups in total. The second kappa shape index (κ2) is 7.29. The molecule has 0 aliphatic carbocycles. The fraction of sp³-hybridized carbons (Fsp3) is 0.562. The molecule has 1 unspecified atom stereocenters. The van der Waals surface area contributed by atoms with Crippen molar-refractivity contribution in [1.82, 2.24) is 10.6 Å². The lowest BCUT2D eigenvalue weighted by Gasteiger charge is -2.22. The fourth-order valence-corrected chi connectivity index (χ4v) is 1.69. The molecule has 1 rings (SSSR count). The number of rotatable bonds is 6. The van der Waals surface area contributed by atoms with Crippen LogP contribution in [0.1, 0.15) is 40.2 Å². The van der Waals surface area contributed by atoms with Gasteiger partial charge in [0.25, 0.3) is 5.91 Å². The lowest BCUT2D eigenvalue weighted by Crippen LogP contribution is -2.37. The van der Waals surface area contributed by atoms with Gasteiger partial charge in [-0.15, -0.1) is 0 Å². The van der Waals surface area contributed by atoms with E-state index in [2.05, 4.69) is 31.4 Å². The summed E-state index contributed by atoms with van der Waals surface area (Å²) >= 11 is 0. The van der Waals surface area contributed by atoms with Crippen LogP contribution in [-0.4, -0.2) is 24.1 Å². The zero-order valence-corrected chi connectivity index (χ0v) is 13.1. The Morgan fingerprint density at radius 2 is 1.95 bits per heavy atom. The number of nitrogens with one attached hydrogen (secondary N) is 2. The molecular weight excluding hydrogens is 252 g/mol. The van der Waals surface area contributed by atoms with Crippen LogP contribution in [-0.2, 0) is 11.3 Å². The van der Waals surface area contributed by atoms with Crippen molar-refractivity contribution in [2.45, 2.75) is 52.8 Å². The average molecular weight is 278 g/mol. The fourth-order valence-electron chi connectivity index (χ4n) is 1.69. The smallest absolute Gasteiger partial charge is 0.260 e. The van der Waals surface area contributed by atoms with Gasteiger partial charge in [-0.3, -0.25) is 4.79 Å². The van der Waals surface area contributed by atoms with E-state index in [1.165, 1.54) is 0 Å². The molecule has 0 aromatic heterocycles. The number of likely N-dealkylation sites (N-methyl/N-ethyl adjacent to an activating group) is 1. The number of benzene rings is 1. The molecule has 1 atom stereocenters. The molecule has 0 radical (unpaired) electrons. The highest BCUT2D eigenvalue weighted by Gasteiger charge is 2.16. The zero-order chi connectivity index (χ0) is 15.2. The van der Waals surface area contributed by atoms with Crippen LogP contribution in [0.25, 0.3) is 0 Å². The van der Waals surface area contributed by atoms with Crippen molar-refractivity contribution in [3.8, 4) is 5.75 Å². The minimum Gasteiger partial charge on any atom is -0.481 e. The Morgan fingerprint density at radius 3 is 2.55 bits per heavy atom. The second-order valence-corrected chi connectivity index (χ2v) is 5.87. The van der Waals surface area contributed by atoms with Gasteiger partial charge in [-0.05, 0) is 40.7 Å². The largest absolute Gasteiger partial charge is 0.481 e. The van der Waals surface area contributed by atoms with E-state index < -0.39 is 6.10 Å². The highest BCUT2D eigenvalue weighted by atomic mass is 16.5. The number of para-hydroxylation sites is 1. The summed E-state index contributed by atoms with van der Waals surface area (Å²) in [6, 6.07) is 7.80. The van der Waals surface area contributed by atoms with E-state index in [9.17, 15) is 4.79 Å². The molecule has 1 aromatic carbocycles. The topological polar surface area (TPSA) is 50.4 Å². The number of carbonyl (C=O) groups excluding carboxylic acids is 1. The van der Waals surface area contributed by atoms with Gasteiger partial charge in [0, 0.05) is 24.2 Å². The van der Waals surface area contributed by atoms with Crippen molar-refractivity contribution in [2.24, 2.45) is 0 Å². The van der Waals surface area contributed by atoms with E-state index in [0.29, 0.717) is 13.1 Å². The third-order valence-electron chi connectivity index (χ3n) is 2.81. The molecule has 20 heavy (non-hydrogen) atoms. The molecule has 0 bridgehead atoms. The first kappa shape index (κ1) is 16.5. The summed E-state index contributed by atoms with van der Waals surface area (Å²) in [6.07, 6.45) is -0.495. The molecule has 0 fully saturated rings. The van der Waals surface area contributed by atoms with Crippen LogP contribution in [0.4, 0.5) is 0 Å². The van der Waals surface area contributed by atoms with E-state index in [-0.39, 0.29) is 11.4 Å². The average Bonchev–Trinajstić information content (AvgIpc) is 2.37. The summed E-state index contributed by atoms with van der Waals surface area (Å²) in [5.74, 6) is 0.661. The molecule has 4 heteroatoms. The van der Waals surface area contributed by atoms with Crippen molar-refractivity contribution in [1.29, 1.82) is 0 Å². The molecule has 112 valence electrons. The van der Waals surface area contributed by atoms with Crippen molar-refractivity contribution in [3.63, 3.8) is 0 Å². The number of hydrogen-bond donors (Lipinski definition) is 2. The van der Waals surface area contributed by atoms with Crippen LogP contribution >= 0.6 is 0 Å². The van der Waals surface area contributed by atoms with Crippen LogP contribution in [0.2, 0.25) is 0 Å². The summed E-state index contributed by atoms with van der Waals surface area (Å²) in [5, 5.41) is 6.19. The minimum absolute atomic E-state index is 0.0400. The molecular formula is C16H26N2O2. The Balaban J connectivity index is 2.72. The Labute approximate surface area is 121 Å². The van der Waals surface area contributed by atoms with Gasteiger partial charge in [-0.25, -0.2) is 0 Å². The first-order valence-electron chi connectivity index (χ1n) is 7.11. The Bertz CT molecular complexity index is 438. The van der Waals surface area contributed by atoms with E-state index >= 15 is 0 Å². The zero-order valence-electron chi connectivity index (χ0n) is 13.1. The van der Waals surface area contributed by atoms with Crippen molar-refractivity contribution in [3.05, 3.63) is 29.8 Å². The lowest BCUT2D eigenvalue weighted by atomic mass is 10.1. The van der Waals surface area contributed by atoms with Crippen LogP contribution in [0.5, 0.6) is 5.75 Å². The van der Waals surface area contributed by atoms with Crippen molar-refractivity contribution >= 4 is 5.91 Å². The van der Waals surface area contributed by atoms with E-state index in [4.69, 9.17) is 4.74 Å². The summed E-state index contributed by atoms with van der Waals surface area (Å²) in [4.78, 5) is 11.7. The highest BCUT2D eigenvalue weighted by molar-refractivity contribution is 5.80. The minimum atomic E-state index is -0.495. The Kier molecular flexibility index (Phi) is 6.02. The van der Waals surface area contributed by atoms with Crippen molar-refractivity contribution < 1.29 is 9.53 Å². The van der Waals surface area contributed by atoms with Gasteiger partial charge < -0.3 is 15.4 Å². The van der Waals surface area contributed by atoms with E-state index in [1.54, 1.807) is 6.92 Å². The van der Waals surface area contributed by atoms with E-state index in [0.717, 1.165) is 11.3 Å². The van der Waals surface area contributed by atoms with Gasteiger partial charge in [0.15, 0.2) is 6.10 Å². The summed E-state index contributed by atoms with van der Waals surface area (Å²) in [6.45, 7) is 11.3. The maximum atomic E-state index is 11.7. The van der Waals surface area contributed by atoms with Crippen LogP contribution < -0.4 is 15.4 Å². The number of hydrogen-bond acceptors (Lipinski definition) is 3. The predicted octanol–water partition coefficient (Wildman–Crippen LogP) is 2.48. The SMILES string of the molecule is CCNC(=O)C(C)Oc1ccccc1CNC(C)(C)C. The predicted molar refractivity (Wildman–Crippen MR) is 81.8 cm³/mol. The monoisotopic (exact) mass is 278 g/mol. The quantitative estimate of drug-likeness (QED) is 0.840. The van der Waals surface area contributed by atoms with Gasteiger partial charge in [-0.1, -0.05) is 18.2 Å². The molecule has 1 aromatic rings. The molecule has 4 nitrogen and oxygen atoms in total. The molecule has 0 spiro atoms. The maximum absolute atomic E-state index is 11.7. The van der Waals surface area contributed by atoms with Crippen LogP contribution in [0, 0.1) is 0 Å². The van der Waals surface area contributed by atoms with Crippen LogP contribution in [0.15, 0.2) is 24.3 Å². The molecule has 0 heterocycles.